The molecule has 0 radical (unpaired) electrons. The molecule has 6 nitrogen and oxygen atoms in total. The minimum atomic E-state index is -0.124. The summed E-state index contributed by atoms with van der Waals surface area (Å²) in [5, 5.41) is 6.73. The minimum absolute atomic E-state index is 0.124. The molecule has 0 amide bonds. The van der Waals surface area contributed by atoms with E-state index in [0.29, 0.717) is 13.5 Å². The van der Waals surface area contributed by atoms with Gasteiger partial charge in [0.15, 0.2) is 0 Å². The van der Waals surface area contributed by atoms with Gasteiger partial charge in [-0.2, -0.15) is 0 Å². The monoisotopic (exact) mass is 329 g/mol. The fraction of sp³-hybridized carbons (Fsp3) is 0.333. The van der Waals surface area contributed by atoms with Crippen LogP contribution in [0.1, 0.15) is 11.1 Å². The molecule has 2 aromatic rings. The molecule has 0 spiro atoms. The number of ether oxygens (including phenoxy) is 1. The van der Waals surface area contributed by atoms with Gasteiger partial charge in [0.25, 0.3) is 0 Å². The fourth-order valence-electron chi connectivity index (χ4n) is 2.54. The zero-order valence-corrected chi connectivity index (χ0v) is 14.0. The van der Waals surface area contributed by atoms with Crippen molar-refractivity contribution in [2.75, 3.05) is 25.9 Å². The molecule has 1 heterocycles. The number of hydrogen-bond acceptors (Lipinski definition) is 6. The maximum absolute atomic E-state index is 5.28. The summed E-state index contributed by atoms with van der Waals surface area (Å²) < 4.78 is 5.28. The van der Waals surface area contributed by atoms with Gasteiger partial charge in [0.05, 0.1) is 7.11 Å². The lowest BCUT2D eigenvalue weighted by atomic mass is 10.1. The molecule has 1 atom stereocenters. The summed E-state index contributed by atoms with van der Waals surface area (Å²) in [4.78, 5) is 12.4. The quantitative estimate of drug-likeness (QED) is 0.823. The number of rotatable bonds is 5. The number of aryl methyl sites for hydroxylation is 1. The minimum Gasteiger partial charge on any atom is -0.497 e. The molecule has 0 saturated carbocycles. The Hall–Kier alpha value is -2.12. The summed E-state index contributed by atoms with van der Waals surface area (Å²) in [7, 11) is 1.66. The van der Waals surface area contributed by atoms with Gasteiger partial charge >= 0.3 is 0 Å². The molecule has 6 heteroatoms. The van der Waals surface area contributed by atoms with Crippen molar-refractivity contribution in [3.05, 3.63) is 59.7 Å². The van der Waals surface area contributed by atoms with Gasteiger partial charge in [0.1, 0.15) is 25.5 Å². The normalized spacial score (nSPS) is 18.8. The number of nitrogens with one attached hydrogen (secondary N) is 2. The molecule has 0 aliphatic carbocycles. The van der Waals surface area contributed by atoms with Crippen LogP contribution in [-0.2, 0) is 16.3 Å². The van der Waals surface area contributed by atoms with Gasteiger partial charge in [0, 0.05) is 18.3 Å². The first kappa shape index (κ1) is 16.7. The fourth-order valence-corrected chi connectivity index (χ4v) is 2.54. The number of nitrogens with zero attached hydrogens (tertiary/aromatic N) is 1. The molecular formula is C18H23N3O3. The second-order valence-corrected chi connectivity index (χ2v) is 5.72. The molecule has 3 rings (SSSR count). The van der Waals surface area contributed by atoms with Gasteiger partial charge in [-0.1, -0.05) is 35.9 Å². The zero-order valence-electron chi connectivity index (χ0n) is 14.0. The zero-order chi connectivity index (χ0) is 16.8. The lowest BCUT2D eigenvalue weighted by Gasteiger charge is -2.30. The van der Waals surface area contributed by atoms with Crippen molar-refractivity contribution in [3.63, 3.8) is 0 Å². The topological polar surface area (TPSA) is 55.0 Å². The van der Waals surface area contributed by atoms with E-state index >= 15 is 0 Å². The highest BCUT2D eigenvalue weighted by atomic mass is 17.2. The van der Waals surface area contributed by atoms with Crippen LogP contribution in [0, 0.1) is 6.92 Å². The standard InChI is InChI=1S/C18H23N3O3/c1-14-6-8-15(9-7-14)11-21-13-24-23-12-19-18(21)20-16-4-3-5-17(10-16)22-2/h3-10,18-20H,11-13H2,1-2H3. The van der Waals surface area contributed by atoms with Crippen LogP contribution in [0.2, 0.25) is 0 Å². The number of methoxy groups -OCH3 is 1. The van der Waals surface area contributed by atoms with Gasteiger partial charge in [0.2, 0.25) is 0 Å². The van der Waals surface area contributed by atoms with Crippen LogP contribution in [0.5, 0.6) is 5.75 Å². The Kier molecular flexibility index (Phi) is 5.66. The van der Waals surface area contributed by atoms with E-state index in [9.17, 15) is 0 Å². The third kappa shape index (κ3) is 4.46. The maximum atomic E-state index is 5.28. The molecule has 2 N–H and O–H groups in total. The summed E-state index contributed by atoms with van der Waals surface area (Å²) in [5.74, 6) is 0.811. The SMILES string of the molecule is COc1cccc(NC2NCOOCN2Cc2ccc(C)cc2)c1. The van der Waals surface area contributed by atoms with Crippen molar-refractivity contribution in [2.24, 2.45) is 0 Å². The van der Waals surface area contributed by atoms with Crippen molar-refractivity contribution in [3.8, 4) is 5.75 Å². The Morgan fingerprint density at radius 1 is 1.21 bits per heavy atom. The second kappa shape index (κ2) is 8.12. The van der Waals surface area contributed by atoms with Gasteiger partial charge in [-0.25, -0.2) is 14.7 Å². The molecule has 1 fully saturated rings. The van der Waals surface area contributed by atoms with Gasteiger partial charge < -0.3 is 10.1 Å². The second-order valence-electron chi connectivity index (χ2n) is 5.72. The van der Waals surface area contributed by atoms with Crippen LogP contribution < -0.4 is 15.4 Å². The first-order valence-electron chi connectivity index (χ1n) is 7.92. The molecule has 24 heavy (non-hydrogen) atoms. The molecule has 1 aliphatic heterocycles. The predicted molar refractivity (Wildman–Crippen MR) is 92.2 cm³/mol. The maximum Gasteiger partial charge on any atom is 0.138 e. The number of benzene rings is 2. The predicted octanol–water partition coefficient (Wildman–Crippen LogP) is 2.67. The average molecular weight is 329 g/mol. The number of anilines is 1. The van der Waals surface area contributed by atoms with Crippen LogP contribution in [-0.4, -0.2) is 31.8 Å². The first-order chi connectivity index (χ1) is 11.7. The summed E-state index contributed by atoms with van der Waals surface area (Å²) in [5.41, 5.74) is 3.42. The summed E-state index contributed by atoms with van der Waals surface area (Å²) >= 11 is 0. The van der Waals surface area contributed by atoms with E-state index < -0.39 is 0 Å². The van der Waals surface area contributed by atoms with Crippen LogP contribution in [0.4, 0.5) is 5.69 Å². The molecule has 0 aromatic heterocycles. The Balaban J connectivity index is 1.72. The smallest absolute Gasteiger partial charge is 0.138 e. The Labute approximate surface area is 142 Å². The molecule has 2 aromatic carbocycles. The molecule has 1 aliphatic rings. The summed E-state index contributed by atoms with van der Waals surface area (Å²) in [6, 6.07) is 16.3. The Bertz CT molecular complexity index is 648. The molecule has 128 valence electrons. The van der Waals surface area contributed by atoms with Crippen molar-refractivity contribution in [1.82, 2.24) is 10.2 Å². The largest absolute Gasteiger partial charge is 0.497 e. The van der Waals surface area contributed by atoms with E-state index in [2.05, 4.69) is 46.7 Å². The van der Waals surface area contributed by atoms with E-state index in [-0.39, 0.29) is 6.29 Å². The van der Waals surface area contributed by atoms with Crippen LogP contribution in [0.15, 0.2) is 48.5 Å². The third-order valence-electron chi connectivity index (χ3n) is 3.88. The molecular weight excluding hydrogens is 306 g/mol. The number of hydrogen-bond donors (Lipinski definition) is 2. The Morgan fingerprint density at radius 2 is 2.04 bits per heavy atom. The van der Waals surface area contributed by atoms with E-state index in [1.165, 1.54) is 11.1 Å². The van der Waals surface area contributed by atoms with E-state index in [4.69, 9.17) is 14.5 Å². The third-order valence-corrected chi connectivity index (χ3v) is 3.88. The van der Waals surface area contributed by atoms with E-state index in [1.54, 1.807) is 7.11 Å². The van der Waals surface area contributed by atoms with E-state index in [0.717, 1.165) is 18.0 Å². The lowest BCUT2D eigenvalue weighted by molar-refractivity contribution is -0.306. The molecule has 0 bridgehead atoms. The highest BCUT2D eigenvalue weighted by Crippen LogP contribution is 2.19. The Morgan fingerprint density at radius 3 is 2.83 bits per heavy atom. The van der Waals surface area contributed by atoms with Crippen LogP contribution in [0.3, 0.4) is 0 Å². The van der Waals surface area contributed by atoms with Crippen LogP contribution >= 0.6 is 0 Å². The van der Waals surface area contributed by atoms with Gasteiger partial charge in [-0.15, -0.1) is 0 Å². The lowest BCUT2D eigenvalue weighted by Crippen LogP contribution is -2.49. The van der Waals surface area contributed by atoms with E-state index in [1.807, 2.05) is 24.3 Å². The summed E-state index contributed by atoms with van der Waals surface area (Å²) in [6.07, 6.45) is -0.124. The van der Waals surface area contributed by atoms with Gasteiger partial charge in [-0.3, -0.25) is 5.32 Å². The van der Waals surface area contributed by atoms with Gasteiger partial charge in [-0.05, 0) is 24.6 Å². The highest BCUT2D eigenvalue weighted by molar-refractivity contribution is 5.48. The van der Waals surface area contributed by atoms with Crippen molar-refractivity contribution in [2.45, 2.75) is 19.8 Å². The first-order valence-corrected chi connectivity index (χ1v) is 7.92. The highest BCUT2D eigenvalue weighted by Gasteiger charge is 2.21. The van der Waals surface area contributed by atoms with Crippen molar-refractivity contribution in [1.29, 1.82) is 0 Å². The summed E-state index contributed by atoms with van der Waals surface area (Å²) in [6.45, 7) is 3.49. The van der Waals surface area contributed by atoms with Crippen molar-refractivity contribution < 1.29 is 14.5 Å². The molecule has 1 unspecified atom stereocenters. The average Bonchev–Trinajstić information content (AvgIpc) is 2.82. The van der Waals surface area contributed by atoms with Crippen molar-refractivity contribution >= 4 is 5.69 Å². The molecule has 1 saturated heterocycles. The van der Waals surface area contributed by atoms with Crippen LogP contribution in [0.25, 0.3) is 0 Å².